The lowest BCUT2D eigenvalue weighted by atomic mass is 9.73. The predicted molar refractivity (Wildman–Crippen MR) is 75.3 cm³/mol. The van der Waals surface area contributed by atoms with Crippen LogP contribution in [0.15, 0.2) is 4.52 Å². The Kier molecular flexibility index (Phi) is 3.39. The van der Waals surface area contributed by atoms with Gasteiger partial charge in [-0.25, -0.2) is 8.42 Å². The lowest BCUT2D eigenvalue weighted by Crippen LogP contribution is -2.20. The third-order valence-corrected chi connectivity index (χ3v) is 6.51. The standard InChI is InChI=1S/C14H22N2O3S/c1-14(2)6-3-10(4-7-14)13-15-12(16-19-13)11-5-8-20(17,18)9-11/h10-11H,3-9H2,1-2H3/t11-/m1/s1. The molecule has 1 aliphatic heterocycles. The second kappa shape index (κ2) is 4.83. The van der Waals surface area contributed by atoms with Crippen LogP contribution >= 0.6 is 0 Å². The summed E-state index contributed by atoms with van der Waals surface area (Å²) in [6.45, 7) is 4.59. The zero-order chi connectivity index (χ0) is 14.4. The van der Waals surface area contributed by atoms with Gasteiger partial charge in [-0.15, -0.1) is 0 Å². The van der Waals surface area contributed by atoms with Gasteiger partial charge in [-0.2, -0.15) is 4.98 Å². The molecular formula is C14H22N2O3S. The highest BCUT2D eigenvalue weighted by Crippen LogP contribution is 2.42. The smallest absolute Gasteiger partial charge is 0.229 e. The van der Waals surface area contributed by atoms with Crippen molar-refractivity contribution in [3.63, 3.8) is 0 Å². The van der Waals surface area contributed by atoms with Gasteiger partial charge < -0.3 is 4.52 Å². The summed E-state index contributed by atoms with van der Waals surface area (Å²) >= 11 is 0. The summed E-state index contributed by atoms with van der Waals surface area (Å²) in [4.78, 5) is 4.49. The minimum absolute atomic E-state index is 0.0717. The molecule has 0 spiro atoms. The summed E-state index contributed by atoms with van der Waals surface area (Å²) < 4.78 is 28.4. The van der Waals surface area contributed by atoms with Crippen molar-refractivity contribution in [3.8, 4) is 0 Å². The van der Waals surface area contributed by atoms with E-state index in [2.05, 4.69) is 24.0 Å². The lowest BCUT2D eigenvalue weighted by Gasteiger charge is -2.32. The summed E-state index contributed by atoms with van der Waals surface area (Å²) in [5.74, 6) is 1.99. The molecule has 20 heavy (non-hydrogen) atoms. The molecule has 0 unspecified atom stereocenters. The zero-order valence-corrected chi connectivity index (χ0v) is 12.9. The van der Waals surface area contributed by atoms with Gasteiger partial charge in [-0.3, -0.25) is 0 Å². The van der Waals surface area contributed by atoms with E-state index in [1.54, 1.807) is 0 Å². The van der Waals surface area contributed by atoms with E-state index in [9.17, 15) is 8.42 Å². The van der Waals surface area contributed by atoms with Crippen molar-refractivity contribution < 1.29 is 12.9 Å². The normalized spacial score (nSPS) is 29.6. The summed E-state index contributed by atoms with van der Waals surface area (Å²) in [6, 6.07) is 0. The molecule has 0 radical (unpaired) electrons. The number of hydrogen-bond acceptors (Lipinski definition) is 5. The van der Waals surface area contributed by atoms with Crippen LogP contribution in [0.1, 0.15) is 69.5 Å². The van der Waals surface area contributed by atoms with Crippen molar-refractivity contribution in [1.29, 1.82) is 0 Å². The Labute approximate surface area is 120 Å². The topological polar surface area (TPSA) is 73.1 Å². The quantitative estimate of drug-likeness (QED) is 0.839. The lowest BCUT2D eigenvalue weighted by molar-refractivity contribution is 0.202. The second-order valence-electron chi connectivity index (χ2n) is 7.03. The van der Waals surface area contributed by atoms with Crippen molar-refractivity contribution >= 4 is 9.84 Å². The summed E-state index contributed by atoms with van der Waals surface area (Å²) in [5, 5.41) is 4.02. The van der Waals surface area contributed by atoms with Crippen LogP contribution in [0.4, 0.5) is 0 Å². The molecule has 0 aromatic carbocycles. The molecule has 3 rings (SSSR count). The minimum Gasteiger partial charge on any atom is -0.339 e. The van der Waals surface area contributed by atoms with E-state index in [4.69, 9.17) is 4.52 Å². The molecule has 0 N–H and O–H groups in total. The molecule has 1 saturated carbocycles. The number of rotatable bonds is 2. The highest BCUT2D eigenvalue weighted by Gasteiger charge is 2.34. The summed E-state index contributed by atoms with van der Waals surface area (Å²) in [7, 11) is -2.90. The zero-order valence-electron chi connectivity index (χ0n) is 12.1. The first kappa shape index (κ1) is 14.0. The molecule has 1 atom stereocenters. The molecule has 2 fully saturated rings. The number of sulfone groups is 1. The van der Waals surface area contributed by atoms with Gasteiger partial charge in [0.25, 0.3) is 0 Å². The van der Waals surface area contributed by atoms with E-state index >= 15 is 0 Å². The molecule has 2 heterocycles. The molecule has 6 heteroatoms. The number of hydrogen-bond donors (Lipinski definition) is 0. The molecule has 1 aliphatic carbocycles. The Bertz CT molecular complexity index is 581. The monoisotopic (exact) mass is 298 g/mol. The van der Waals surface area contributed by atoms with Gasteiger partial charge >= 0.3 is 0 Å². The van der Waals surface area contributed by atoms with Crippen LogP contribution in [0.25, 0.3) is 0 Å². The third-order valence-electron chi connectivity index (χ3n) is 4.74. The van der Waals surface area contributed by atoms with E-state index in [0.717, 1.165) is 12.8 Å². The average molecular weight is 298 g/mol. The van der Waals surface area contributed by atoms with Crippen LogP contribution < -0.4 is 0 Å². The van der Waals surface area contributed by atoms with Crippen LogP contribution in [0.2, 0.25) is 0 Å². The number of nitrogens with zero attached hydrogens (tertiary/aromatic N) is 2. The van der Waals surface area contributed by atoms with E-state index < -0.39 is 9.84 Å². The average Bonchev–Trinajstić information content (AvgIpc) is 2.95. The van der Waals surface area contributed by atoms with Gasteiger partial charge in [-0.1, -0.05) is 19.0 Å². The van der Waals surface area contributed by atoms with Crippen molar-refractivity contribution in [2.45, 2.75) is 57.8 Å². The van der Waals surface area contributed by atoms with E-state index in [1.165, 1.54) is 12.8 Å². The SMILES string of the molecule is CC1(C)CCC(c2nc([C@@H]3CCS(=O)(=O)C3)no2)CC1. The maximum atomic E-state index is 11.5. The Balaban J connectivity index is 1.69. The summed E-state index contributed by atoms with van der Waals surface area (Å²) in [5.41, 5.74) is 0.416. The van der Waals surface area contributed by atoms with Crippen molar-refractivity contribution in [3.05, 3.63) is 11.7 Å². The largest absolute Gasteiger partial charge is 0.339 e. The molecule has 112 valence electrons. The molecule has 0 bridgehead atoms. The molecule has 1 aromatic rings. The Hall–Kier alpha value is -0.910. The fourth-order valence-electron chi connectivity index (χ4n) is 3.22. The van der Waals surface area contributed by atoms with Crippen molar-refractivity contribution in [1.82, 2.24) is 10.1 Å². The van der Waals surface area contributed by atoms with Crippen molar-refractivity contribution in [2.75, 3.05) is 11.5 Å². The fourth-order valence-corrected chi connectivity index (χ4v) is 4.96. The predicted octanol–water partition coefficient (Wildman–Crippen LogP) is 2.66. The minimum atomic E-state index is -2.90. The Morgan fingerprint density at radius 1 is 1.15 bits per heavy atom. The Morgan fingerprint density at radius 2 is 1.85 bits per heavy atom. The summed E-state index contributed by atoms with van der Waals surface area (Å²) in [6.07, 6.45) is 5.13. The fraction of sp³-hybridized carbons (Fsp3) is 0.857. The van der Waals surface area contributed by atoms with Crippen LogP contribution in [0, 0.1) is 5.41 Å². The van der Waals surface area contributed by atoms with Gasteiger partial charge in [0, 0.05) is 11.8 Å². The molecule has 1 aromatic heterocycles. The maximum Gasteiger partial charge on any atom is 0.229 e. The van der Waals surface area contributed by atoms with Crippen LogP contribution in [0.5, 0.6) is 0 Å². The highest BCUT2D eigenvalue weighted by molar-refractivity contribution is 7.91. The van der Waals surface area contributed by atoms with Crippen LogP contribution in [0.3, 0.4) is 0 Å². The van der Waals surface area contributed by atoms with Gasteiger partial charge in [-0.05, 0) is 37.5 Å². The van der Waals surface area contributed by atoms with Gasteiger partial charge in [0.15, 0.2) is 15.7 Å². The molecule has 1 saturated heterocycles. The van der Waals surface area contributed by atoms with Crippen LogP contribution in [-0.4, -0.2) is 30.1 Å². The van der Waals surface area contributed by atoms with E-state index in [0.29, 0.717) is 29.5 Å². The molecule has 0 amide bonds. The first-order valence-electron chi connectivity index (χ1n) is 7.39. The molecular weight excluding hydrogens is 276 g/mol. The number of aromatic nitrogens is 2. The van der Waals surface area contributed by atoms with E-state index in [1.807, 2.05) is 0 Å². The first-order valence-corrected chi connectivity index (χ1v) is 9.21. The molecule has 5 nitrogen and oxygen atoms in total. The van der Waals surface area contributed by atoms with Crippen LogP contribution in [-0.2, 0) is 9.84 Å². The Morgan fingerprint density at radius 3 is 2.45 bits per heavy atom. The maximum absolute atomic E-state index is 11.5. The van der Waals surface area contributed by atoms with Gasteiger partial charge in [0.1, 0.15) is 0 Å². The van der Waals surface area contributed by atoms with Gasteiger partial charge in [0.2, 0.25) is 5.89 Å². The molecule has 2 aliphatic rings. The third kappa shape index (κ3) is 2.90. The second-order valence-corrected chi connectivity index (χ2v) is 9.26. The van der Waals surface area contributed by atoms with Gasteiger partial charge in [0.05, 0.1) is 11.5 Å². The first-order chi connectivity index (χ1) is 9.35. The van der Waals surface area contributed by atoms with Crippen molar-refractivity contribution in [2.24, 2.45) is 5.41 Å². The highest BCUT2D eigenvalue weighted by atomic mass is 32.2. The van der Waals surface area contributed by atoms with E-state index in [-0.39, 0.29) is 17.4 Å².